The maximum absolute atomic E-state index is 14.3. The van der Waals surface area contributed by atoms with Crippen molar-refractivity contribution in [3.05, 3.63) is 41.5 Å². The average molecular weight is 527 g/mol. The van der Waals surface area contributed by atoms with E-state index in [2.05, 4.69) is 0 Å². The largest absolute Gasteiger partial charge is 0.497 e. The Morgan fingerprint density at radius 1 is 0.892 bits per heavy atom. The zero-order chi connectivity index (χ0) is 27.5. The summed E-state index contributed by atoms with van der Waals surface area (Å²) in [6.07, 6.45) is -5.41. The molecular weight excluding hydrogens is 503 g/mol. The maximum atomic E-state index is 14.3. The molecule has 0 unspecified atom stereocenters. The molecule has 14 heteroatoms. The normalized spacial score (nSPS) is 17.2. The molecule has 2 aromatic rings. The summed E-state index contributed by atoms with van der Waals surface area (Å²) in [5.41, 5.74) is -3.84. The van der Waals surface area contributed by atoms with Gasteiger partial charge in [0.1, 0.15) is 11.5 Å². The number of benzene rings is 2. The molecule has 0 radical (unpaired) electrons. The number of amides is 4. The summed E-state index contributed by atoms with van der Waals surface area (Å²) in [4.78, 5) is 39.0. The van der Waals surface area contributed by atoms with Gasteiger partial charge < -0.3 is 29.0 Å². The van der Waals surface area contributed by atoms with Crippen LogP contribution in [0.1, 0.15) is 15.9 Å². The van der Waals surface area contributed by atoms with E-state index in [4.69, 9.17) is 23.7 Å². The van der Waals surface area contributed by atoms with Crippen molar-refractivity contribution in [2.75, 3.05) is 35.5 Å². The summed E-state index contributed by atoms with van der Waals surface area (Å²) in [6.45, 7) is -0.559. The molecule has 0 saturated carbocycles. The number of methoxy groups -OCH3 is 5. The van der Waals surface area contributed by atoms with Gasteiger partial charge in [-0.05, 0) is 29.8 Å². The van der Waals surface area contributed by atoms with E-state index in [1.807, 2.05) is 0 Å². The molecule has 2 aromatic carbocycles. The highest BCUT2D eigenvalue weighted by Gasteiger charge is 2.68. The Labute approximate surface area is 209 Å². The molecule has 1 atom stereocenters. The number of nitrogens with zero attached hydrogens (tertiary/aromatic N) is 1. The molecule has 1 heterocycles. The first-order valence-electron chi connectivity index (χ1n) is 10.5. The summed E-state index contributed by atoms with van der Waals surface area (Å²) in [6, 6.07) is 5.18. The van der Waals surface area contributed by atoms with E-state index >= 15 is 0 Å². The maximum Gasteiger partial charge on any atom is 0.440 e. The number of hydrogen-bond donors (Lipinski definition) is 2. The Bertz CT molecular complexity index is 1170. The van der Waals surface area contributed by atoms with E-state index in [0.29, 0.717) is 16.4 Å². The van der Waals surface area contributed by atoms with Crippen LogP contribution in [0.3, 0.4) is 0 Å². The number of imide groups is 1. The first-order valence-corrected chi connectivity index (χ1v) is 10.5. The summed E-state index contributed by atoms with van der Waals surface area (Å²) in [5.74, 6) is -2.41. The van der Waals surface area contributed by atoms with Gasteiger partial charge in [-0.3, -0.25) is 19.8 Å². The molecule has 3 rings (SSSR count). The van der Waals surface area contributed by atoms with E-state index in [1.165, 1.54) is 53.7 Å². The van der Waals surface area contributed by atoms with E-state index in [-0.39, 0.29) is 28.4 Å². The number of carbonyl (C=O) groups is 3. The van der Waals surface area contributed by atoms with E-state index in [1.54, 1.807) is 10.6 Å². The van der Waals surface area contributed by atoms with Crippen LogP contribution < -0.4 is 34.3 Å². The third kappa shape index (κ3) is 4.99. The summed E-state index contributed by atoms with van der Waals surface area (Å²) < 4.78 is 68.5. The number of ether oxygens (including phenoxy) is 5. The zero-order valence-corrected chi connectivity index (χ0v) is 20.4. The third-order valence-corrected chi connectivity index (χ3v) is 5.51. The number of urea groups is 1. The fourth-order valence-electron chi connectivity index (χ4n) is 3.66. The number of hydrogen-bond acceptors (Lipinski definition) is 8. The molecule has 11 nitrogen and oxygen atoms in total. The molecule has 0 aliphatic carbocycles. The Hall–Kier alpha value is -4.36. The van der Waals surface area contributed by atoms with Gasteiger partial charge in [-0.2, -0.15) is 13.2 Å². The minimum atomic E-state index is -5.41. The van der Waals surface area contributed by atoms with E-state index in [0.717, 1.165) is 12.1 Å². The van der Waals surface area contributed by atoms with Crippen LogP contribution in [0.15, 0.2) is 30.3 Å². The number of alkyl halides is 3. The first-order chi connectivity index (χ1) is 17.4. The van der Waals surface area contributed by atoms with Crippen LogP contribution in [-0.2, 0) is 11.3 Å². The lowest BCUT2D eigenvalue weighted by molar-refractivity contribution is -0.200. The van der Waals surface area contributed by atoms with Gasteiger partial charge >= 0.3 is 12.2 Å². The van der Waals surface area contributed by atoms with Crippen LogP contribution in [0.5, 0.6) is 28.7 Å². The van der Waals surface area contributed by atoms with Gasteiger partial charge in [0.2, 0.25) is 5.75 Å². The molecular formula is C23H24F3N3O8. The highest BCUT2D eigenvalue weighted by atomic mass is 19.4. The lowest BCUT2D eigenvalue weighted by Gasteiger charge is -2.30. The first kappa shape index (κ1) is 27.2. The van der Waals surface area contributed by atoms with Crippen LogP contribution in [0.4, 0.5) is 18.0 Å². The van der Waals surface area contributed by atoms with Crippen LogP contribution >= 0.6 is 0 Å². The van der Waals surface area contributed by atoms with Crippen molar-refractivity contribution in [3.63, 3.8) is 0 Å². The molecule has 0 aromatic heterocycles. The van der Waals surface area contributed by atoms with Gasteiger partial charge in [-0.25, -0.2) is 4.79 Å². The van der Waals surface area contributed by atoms with Crippen molar-refractivity contribution in [1.82, 2.24) is 15.5 Å². The minimum absolute atomic E-state index is 0.0107. The standard InChI is InChI=1S/C23H24F3N3O8/c1-33-14-6-12(7-15(10-14)34-2)11-29-20(31)22(23(24,25)26,28-21(29)32)27-19(30)13-8-16(35-3)18(37-5)17(9-13)36-4/h6-10H,11H2,1-5H3,(H,27,30)(H,28,32)/t22-/m0/s1. The molecule has 0 bridgehead atoms. The van der Waals surface area contributed by atoms with Gasteiger partial charge in [0, 0.05) is 11.6 Å². The SMILES string of the molecule is COc1cc(CN2C(=O)N[C@](NC(=O)c3cc(OC)c(OC)c(OC)c3)(C(F)(F)F)C2=O)cc(OC)c1. The zero-order valence-electron chi connectivity index (χ0n) is 20.4. The number of halogens is 3. The van der Waals surface area contributed by atoms with Gasteiger partial charge in [-0.1, -0.05) is 0 Å². The summed E-state index contributed by atoms with van der Waals surface area (Å²) in [5, 5.41) is 3.24. The molecule has 200 valence electrons. The van der Waals surface area contributed by atoms with Crippen molar-refractivity contribution in [3.8, 4) is 28.7 Å². The average Bonchev–Trinajstić information content (AvgIpc) is 3.12. The fourth-order valence-corrected chi connectivity index (χ4v) is 3.66. The van der Waals surface area contributed by atoms with Gasteiger partial charge in [-0.15, -0.1) is 0 Å². The number of carbonyl (C=O) groups excluding carboxylic acids is 3. The molecule has 1 saturated heterocycles. The Morgan fingerprint density at radius 3 is 1.86 bits per heavy atom. The Kier molecular flexibility index (Phi) is 7.60. The fraction of sp³-hybridized carbons (Fsp3) is 0.348. The highest BCUT2D eigenvalue weighted by Crippen LogP contribution is 2.39. The summed E-state index contributed by atoms with van der Waals surface area (Å²) in [7, 11) is 6.53. The number of rotatable bonds is 9. The smallest absolute Gasteiger partial charge is 0.440 e. The highest BCUT2D eigenvalue weighted by molar-refractivity contribution is 6.10. The Balaban J connectivity index is 1.98. The van der Waals surface area contributed by atoms with E-state index in [9.17, 15) is 27.6 Å². The molecule has 37 heavy (non-hydrogen) atoms. The van der Waals surface area contributed by atoms with Crippen molar-refractivity contribution >= 4 is 17.8 Å². The van der Waals surface area contributed by atoms with Crippen molar-refractivity contribution in [1.29, 1.82) is 0 Å². The van der Waals surface area contributed by atoms with Gasteiger partial charge in [0.25, 0.3) is 17.5 Å². The lowest BCUT2D eigenvalue weighted by Crippen LogP contribution is -2.69. The molecule has 1 aliphatic rings. The van der Waals surface area contributed by atoms with E-state index < -0.39 is 36.2 Å². The second kappa shape index (κ2) is 10.3. The molecule has 4 amide bonds. The third-order valence-electron chi connectivity index (χ3n) is 5.51. The van der Waals surface area contributed by atoms with Gasteiger partial charge in [0.15, 0.2) is 11.5 Å². The topological polar surface area (TPSA) is 125 Å². The Morgan fingerprint density at radius 2 is 1.43 bits per heavy atom. The predicted molar refractivity (Wildman–Crippen MR) is 121 cm³/mol. The predicted octanol–water partition coefficient (Wildman–Crippen LogP) is 2.47. The van der Waals surface area contributed by atoms with Crippen LogP contribution in [-0.4, -0.2) is 70.1 Å². The number of nitrogens with one attached hydrogen (secondary N) is 2. The van der Waals surface area contributed by atoms with Crippen LogP contribution in [0.25, 0.3) is 0 Å². The van der Waals surface area contributed by atoms with Crippen molar-refractivity contribution in [2.45, 2.75) is 18.4 Å². The van der Waals surface area contributed by atoms with Crippen LogP contribution in [0.2, 0.25) is 0 Å². The molecule has 1 fully saturated rings. The van der Waals surface area contributed by atoms with Crippen LogP contribution in [0, 0.1) is 0 Å². The molecule has 2 N–H and O–H groups in total. The second-order valence-electron chi connectivity index (χ2n) is 7.66. The molecule has 0 spiro atoms. The minimum Gasteiger partial charge on any atom is -0.497 e. The van der Waals surface area contributed by atoms with Crippen molar-refractivity contribution < 1.29 is 51.2 Å². The summed E-state index contributed by atoms with van der Waals surface area (Å²) >= 11 is 0. The van der Waals surface area contributed by atoms with Crippen molar-refractivity contribution in [2.24, 2.45) is 0 Å². The lowest BCUT2D eigenvalue weighted by atomic mass is 10.1. The van der Waals surface area contributed by atoms with Gasteiger partial charge in [0.05, 0.1) is 42.1 Å². The second-order valence-corrected chi connectivity index (χ2v) is 7.66. The molecule has 1 aliphatic heterocycles. The quantitative estimate of drug-likeness (QED) is 0.477. The monoisotopic (exact) mass is 527 g/mol.